The highest BCUT2D eigenvalue weighted by molar-refractivity contribution is 5.97. The molecular formula is C16H17F2NO5. The molecule has 0 bridgehead atoms. The number of para-hydroxylation sites is 1. The number of halogens is 2. The number of aliphatic carboxylic acids is 1. The van der Waals surface area contributed by atoms with Crippen molar-refractivity contribution in [2.45, 2.75) is 13.0 Å². The smallest absolute Gasteiger partial charge is 0.387 e. The van der Waals surface area contributed by atoms with Crippen molar-refractivity contribution < 1.29 is 33.0 Å². The summed E-state index contributed by atoms with van der Waals surface area (Å²) in [5, 5.41) is 9.63. The van der Waals surface area contributed by atoms with E-state index in [9.17, 15) is 23.5 Å². The van der Waals surface area contributed by atoms with Crippen LogP contribution in [0.1, 0.15) is 16.8 Å². The van der Waals surface area contributed by atoms with Gasteiger partial charge in [-0.15, -0.1) is 0 Å². The van der Waals surface area contributed by atoms with Crippen molar-refractivity contribution in [2.24, 2.45) is 11.3 Å². The van der Waals surface area contributed by atoms with Crippen molar-refractivity contribution in [3.63, 3.8) is 0 Å². The summed E-state index contributed by atoms with van der Waals surface area (Å²) < 4.78 is 34.8. The predicted molar refractivity (Wildman–Crippen MR) is 78.0 cm³/mol. The molecule has 0 aromatic heterocycles. The maximum atomic E-state index is 12.7. The maximum absolute atomic E-state index is 12.7. The molecule has 0 aliphatic carbocycles. The standard InChI is InChI=1S/C16H17F2NO5/c17-15(18)24-12-4-2-1-3-11(12)13(20)19-7-10-8-23-6-5-16(10,9-19)14(21)22/h1-4,10,15H,5-9H2,(H,21,22)/t10-,16+/m0/s1. The zero-order valence-corrected chi connectivity index (χ0v) is 12.8. The highest BCUT2D eigenvalue weighted by Gasteiger charge is 2.55. The zero-order chi connectivity index (χ0) is 17.3. The number of amides is 1. The van der Waals surface area contributed by atoms with Gasteiger partial charge in [-0.1, -0.05) is 12.1 Å². The lowest BCUT2D eigenvalue weighted by molar-refractivity contribution is -0.157. The van der Waals surface area contributed by atoms with Gasteiger partial charge in [0, 0.05) is 25.6 Å². The van der Waals surface area contributed by atoms with Gasteiger partial charge < -0.3 is 19.5 Å². The van der Waals surface area contributed by atoms with E-state index in [1.165, 1.54) is 23.1 Å². The Morgan fingerprint density at radius 2 is 2.12 bits per heavy atom. The minimum Gasteiger partial charge on any atom is -0.481 e. The van der Waals surface area contributed by atoms with E-state index >= 15 is 0 Å². The minimum absolute atomic E-state index is 0.00194. The van der Waals surface area contributed by atoms with Gasteiger partial charge in [-0.3, -0.25) is 9.59 Å². The van der Waals surface area contributed by atoms with Crippen LogP contribution in [0, 0.1) is 11.3 Å². The molecule has 8 heteroatoms. The van der Waals surface area contributed by atoms with Gasteiger partial charge in [0.15, 0.2) is 0 Å². The Kier molecular flexibility index (Phi) is 4.40. The van der Waals surface area contributed by atoms with Gasteiger partial charge in [-0.05, 0) is 18.6 Å². The monoisotopic (exact) mass is 341 g/mol. The second kappa shape index (κ2) is 6.35. The Balaban J connectivity index is 1.86. The van der Waals surface area contributed by atoms with E-state index in [2.05, 4.69) is 4.74 Å². The third kappa shape index (κ3) is 2.82. The fourth-order valence-electron chi connectivity index (χ4n) is 3.47. The molecule has 0 saturated carbocycles. The van der Waals surface area contributed by atoms with E-state index in [0.29, 0.717) is 13.0 Å². The highest BCUT2D eigenvalue weighted by Crippen LogP contribution is 2.43. The third-order valence-electron chi connectivity index (χ3n) is 4.75. The Bertz CT molecular complexity index is 653. The van der Waals surface area contributed by atoms with E-state index < -0.39 is 23.9 Å². The van der Waals surface area contributed by atoms with Crippen LogP contribution in [0.25, 0.3) is 0 Å². The number of hydrogen-bond acceptors (Lipinski definition) is 4. The fraction of sp³-hybridized carbons (Fsp3) is 0.500. The molecule has 2 heterocycles. The lowest BCUT2D eigenvalue weighted by Crippen LogP contribution is -2.45. The van der Waals surface area contributed by atoms with Crippen LogP contribution in [0.15, 0.2) is 24.3 Å². The molecule has 3 rings (SSSR count). The summed E-state index contributed by atoms with van der Waals surface area (Å²) in [5.74, 6) is -1.99. The Morgan fingerprint density at radius 1 is 1.38 bits per heavy atom. The van der Waals surface area contributed by atoms with Crippen molar-refractivity contribution in [2.75, 3.05) is 26.3 Å². The van der Waals surface area contributed by atoms with Gasteiger partial charge in [0.2, 0.25) is 0 Å². The second-order valence-electron chi connectivity index (χ2n) is 6.04. The molecule has 2 fully saturated rings. The van der Waals surface area contributed by atoms with Crippen LogP contribution in [0.2, 0.25) is 0 Å². The minimum atomic E-state index is -3.04. The Morgan fingerprint density at radius 3 is 2.79 bits per heavy atom. The van der Waals surface area contributed by atoms with Gasteiger partial charge in [0.05, 0.1) is 17.6 Å². The van der Waals surface area contributed by atoms with Gasteiger partial charge in [-0.2, -0.15) is 8.78 Å². The van der Waals surface area contributed by atoms with Crippen molar-refractivity contribution in [1.82, 2.24) is 4.90 Å². The van der Waals surface area contributed by atoms with Gasteiger partial charge in [0.1, 0.15) is 5.75 Å². The van der Waals surface area contributed by atoms with Crippen LogP contribution in [0.3, 0.4) is 0 Å². The molecule has 6 nitrogen and oxygen atoms in total. The Labute approximate surface area is 137 Å². The molecule has 2 saturated heterocycles. The summed E-state index contributed by atoms with van der Waals surface area (Å²) in [6, 6.07) is 5.72. The first kappa shape index (κ1) is 16.6. The quantitative estimate of drug-likeness (QED) is 0.904. The molecular weight excluding hydrogens is 324 g/mol. The summed E-state index contributed by atoms with van der Waals surface area (Å²) >= 11 is 0. The number of rotatable bonds is 4. The molecule has 1 aromatic rings. The van der Waals surface area contributed by atoms with E-state index in [4.69, 9.17) is 4.74 Å². The molecule has 0 radical (unpaired) electrons. The molecule has 2 aliphatic heterocycles. The lowest BCUT2D eigenvalue weighted by atomic mass is 9.74. The number of fused-ring (bicyclic) bond motifs is 1. The third-order valence-corrected chi connectivity index (χ3v) is 4.75. The van der Waals surface area contributed by atoms with Crippen LogP contribution < -0.4 is 4.74 Å². The van der Waals surface area contributed by atoms with Crippen LogP contribution in [-0.2, 0) is 9.53 Å². The first-order chi connectivity index (χ1) is 11.4. The van der Waals surface area contributed by atoms with Crippen molar-refractivity contribution >= 4 is 11.9 Å². The fourth-order valence-corrected chi connectivity index (χ4v) is 3.47. The van der Waals surface area contributed by atoms with E-state index in [1.54, 1.807) is 6.07 Å². The molecule has 1 amide bonds. The molecule has 130 valence electrons. The number of benzene rings is 1. The zero-order valence-electron chi connectivity index (χ0n) is 12.8. The van der Waals surface area contributed by atoms with Crippen LogP contribution in [0.4, 0.5) is 8.78 Å². The van der Waals surface area contributed by atoms with Gasteiger partial charge >= 0.3 is 12.6 Å². The maximum Gasteiger partial charge on any atom is 0.387 e. The number of hydrogen-bond donors (Lipinski definition) is 1. The summed E-state index contributed by atoms with van der Waals surface area (Å²) in [6.45, 7) is -2.19. The number of carbonyl (C=O) groups excluding carboxylic acids is 1. The SMILES string of the molecule is O=C(c1ccccc1OC(F)F)N1C[C@H]2COCC[C@@]2(C(=O)O)C1. The summed E-state index contributed by atoms with van der Waals surface area (Å²) in [6.07, 6.45) is 0.325. The van der Waals surface area contributed by atoms with E-state index in [0.717, 1.165) is 0 Å². The summed E-state index contributed by atoms with van der Waals surface area (Å²) in [7, 11) is 0. The van der Waals surface area contributed by atoms with E-state index in [1.807, 2.05) is 0 Å². The number of alkyl halides is 2. The molecule has 0 spiro atoms. The number of likely N-dealkylation sites (tertiary alicyclic amines) is 1. The average Bonchev–Trinajstić information content (AvgIpc) is 2.95. The first-order valence-electron chi connectivity index (χ1n) is 7.58. The second-order valence-corrected chi connectivity index (χ2v) is 6.04. The van der Waals surface area contributed by atoms with Crippen molar-refractivity contribution in [3.8, 4) is 5.75 Å². The summed E-state index contributed by atoms with van der Waals surface area (Å²) in [5.41, 5.74) is -1.04. The lowest BCUT2D eigenvalue weighted by Gasteiger charge is -2.33. The highest BCUT2D eigenvalue weighted by atomic mass is 19.3. The molecule has 0 unspecified atom stereocenters. The molecule has 1 N–H and O–H groups in total. The van der Waals surface area contributed by atoms with Crippen LogP contribution >= 0.6 is 0 Å². The number of carboxylic acid groups (broad SMARTS) is 1. The summed E-state index contributed by atoms with van der Waals surface area (Å²) in [4.78, 5) is 25.9. The van der Waals surface area contributed by atoms with Gasteiger partial charge in [0.25, 0.3) is 5.91 Å². The average molecular weight is 341 g/mol. The van der Waals surface area contributed by atoms with E-state index in [-0.39, 0.29) is 36.9 Å². The topological polar surface area (TPSA) is 76.1 Å². The van der Waals surface area contributed by atoms with Crippen molar-refractivity contribution in [3.05, 3.63) is 29.8 Å². The molecule has 24 heavy (non-hydrogen) atoms. The normalized spacial score (nSPS) is 26.3. The van der Waals surface area contributed by atoms with Crippen molar-refractivity contribution in [1.29, 1.82) is 0 Å². The number of nitrogens with zero attached hydrogens (tertiary/aromatic N) is 1. The first-order valence-corrected chi connectivity index (χ1v) is 7.58. The molecule has 2 aliphatic rings. The predicted octanol–water partition coefficient (Wildman–Crippen LogP) is 1.85. The van der Waals surface area contributed by atoms with Gasteiger partial charge in [-0.25, -0.2) is 0 Å². The Hall–Kier alpha value is -2.22. The van der Waals surface area contributed by atoms with Crippen LogP contribution in [0.5, 0.6) is 5.75 Å². The number of ether oxygens (including phenoxy) is 2. The molecule has 2 atom stereocenters. The van der Waals surface area contributed by atoms with Crippen LogP contribution in [-0.4, -0.2) is 54.8 Å². The largest absolute Gasteiger partial charge is 0.481 e. The number of carbonyl (C=O) groups is 2. The molecule has 1 aromatic carbocycles. The number of carboxylic acids is 1.